The van der Waals surface area contributed by atoms with E-state index in [1.165, 1.54) is 13.1 Å². The van der Waals surface area contributed by atoms with Crippen LogP contribution in [0, 0.1) is 0 Å². The Balaban J connectivity index is 1.41. The van der Waals surface area contributed by atoms with Gasteiger partial charge in [0.15, 0.2) is 11.5 Å². The molecule has 9 nitrogen and oxygen atoms in total. The minimum absolute atomic E-state index is 0.317. The molecule has 10 heteroatoms. The van der Waals surface area contributed by atoms with E-state index in [4.69, 9.17) is 14.2 Å². The number of nitrogens with zero attached hydrogens (tertiary/aromatic N) is 2. The predicted molar refractivity (Wildman–Crippen MR) is 164 cm³/mol. The van der Waals surface area contributed by atoms with Crippen LogP contribution in [0.15, 0.2) is 108 Å². The fourth-order valence-corrected chi connectivity index (χ4v) is 5.26. The number of carbonyl (C=O) groups is 1. The number of amides is 1. The number of nitrogens with one attached hydrogen (secondary N) is 1. The highest BCUT2D eigenvalue weighted by Gasteiger charge is 2.29. The molecule has 4 rings (SSSR count). The van der Waals surface area contributed by atoms with Crippen LogP contribution in [0.2, 0.25) is 0 Å². The smallest absolute Gasteiger partial charge is 0.263 e. The molecule has 4 aromatic rings. The number of carbonyl (C=O) groups excluding carboxylic acids is 1. The third-order valence-corrected chi connectivity index (χ3v) is 7.29. The molecule has 0 radical (unpaired) electrons. The zero-order valence-electron chi connectivity index (χ0n) is 23.6. The maximum Gasteiger partial charge on any atom is 0.263 e. The summed E-state index contributed by atoms with van der Waals surface area (Å²) in [5, 5.41) is 4.04. The van der Waals surface area contributed by atoms with Gasteiger partial charge in [-0.25, -0.2) is 13.8 Å². The lowest BCUT2D eigenvalue weighted by molar-refractivity contribution is -0.121. The second kappa shape index (κ2) is 14.2. The summed E-state index contributed by atoms with van der Waals surface area (Å²) >= 11 is 0. The first-order valence-electron chi connectivity index (χ1n) is 13.3. The van der Waals surface area contributed by atoms with E-state index >= 15 is 0 Å². The van der Waals surface area contributed by atoms with Crippen molar-refractivity contribution in [3.63, 3.8) is 0 Å². The first-order valence-corrected chi connectivity index (χ1v) is 15.2. The van der Waals surface area contributed by atoms with Crippen LogP contribution in [0.3, 0.4) is 0 Å². The minimum Gasteiger partial charge on any atom is -0.490 e. The van der Waals surface area contributed by atoms with Crippen LogP contribution in [-0.2, 0) is 21.4 Å². The van der Waals surface area contributed by atoms with E-state index in [2.05, 4.69) is 10.5 Å². The Morgan fingerprint density at radius 3 is 2.17 bits per heavy atom. The average Bonchev–Trinajstić information content (AvgIpc) is 2.98. The van der Waals surface area contributed by atoms with Gasteiger partial charge in [0.25, 0.3) is 5.91 Å². The Morgan fingerprint density at radius 1 is 0.881 bits per heavy atom. The van der Waals surface area contributed by atoms with E-state index in [9.17, 15) is 13.2 Å². The van der Waals surface area contributed by atoms with Gasteiger partial charge in [-0.3, -0.25) is 9.10 Å². The lowest BCUT2D eigenvalue weighted by atomic mass is 10.2. The number of hydrazone groups is 1. The Bertz CT molecular complexity index is 1590. The fraction of sp³-hybridized carbons (Fsp3) is 0.188. The molecule has 0 aromatic heterocycles. The molecule has 4 aromatic carbocycles. The van der Waals surface area contributed by atoms with E-state index in [0.29, 0.717) is 47.5 Å². The molecule has 0 bridgehead atoms. The number of sulfonamides is 1. The molecule has 0 aliphatic rings. The van der Waals surface area contributed by atoms with Crippen LogP contribution >= 0.6 is 0 Å². The van der Waals surface area contributed by atoms with Crippen LogP contribution < -0.4 is 23.9 Å². The third kappa shape index (κ3) is 8.34. The lowest BCUT2D eigenvalue weighted by Gasteiger charge is -2.27. The Hall–Kier alpha value is -4.83. The quantitative estimate of drug-likeness (QED) is 0.157. The highest BCUT2D eigenvalue weighted by atomic mass is 32.2. The number of hydrogen-bond acceptors (Lipinski definition) is 7. The monoisotopic (exact) mass is 587 g/mol. The van der Waals surface area contributed by atoms with Gasteiger partial charge >= 0.3 is 0 Å². The summed E-state index contributed by atoms with van der Waals surface area (Å²) < 4.78 is 43.8. The van der Waals surface area contributed by atoms with Gasteiger partial charge in [0.1, 0.15) is 24.1 Å². The lowest BCUT2D eigenvalue weighted by Crippen LogP contribution is -2.46. The molecule has 0 fully saturated rings. The molecule has 0 unspecified atom stereocenters. The van der Waals surface area contributed by atoms with E-state index < -0.39 is 22.0 Å². The van der Waals surface area contributed by atoms with Crippen molar-refractivity contribution in [2.75, 3.05) is 17.2 Å². The van der Waals surface area contributed by atoms with Crippen molar-refractivity contribution in [2.24, 2.45) is 5.10 Å². The maximum atomic E-state index is 12.9. The topological polar surface area (TPSA) is 107 Å². The zero-order chi connectivity index (χ0) is 30.0. The van der Waals surface area contributed by atoms with E-state index in [1.807, 2.05) is 67.6 Å². The maximum absolute atomic E-state index is 12.9. The molecule has 0 spiro atoms. The number of rotatable bonds is 13. The predicted octanol–water partition coefficient (Wildman–Crippen LogP) is 5.76. The molecule has 0 aliphatic carbocycles. The molecule has 42 heavy (non-hydrogen) atoms. The van der Waals surface area contributed by atoms with Crippen molar-refractivity contribution in [3.05, 3.63) is 114 Å². The van der Waals surface area contributed by atoms with Crippen molar-refractivity contribution in [1.29, 1.82) is 0 Å². The highest BCUT2D eigenvalue weighted by Crippen LogP contribution is 2.29. The summed E-state index contributed by atoms with van der Waals surface area (Å²) in [6, 6.07) is 29.7. The van der Waals surface area contributed by atoms with E-state index in [1.54, 1.807) is 42.5 Å². The van der Waals surface area contributed by atoms with Gasteiger partial charge in [-0.05, 0) is 79.6 Å². The standard InChI is InChI=1S/C32H33N3O6S/c1-4-39-31-21-26(15-20-30(31)40-23-25-11-7-5-8-12-25)22-33-34-32(36)24(2)35(42(3,37)38)27-16-18-29(19-17-27)41-28-13-9-6-10-14-28/h5-22,24H,4,23H2,1-3H3,(H,34,36)/b33-22-/t24-/m0/s1. The molecular formula is C32H33N3O6S. The molecule has 218 valence electrons. The molecular weight excluding hydrogens is 554 g/mol. The second-order valence-corrected chi connectivity index (χ2v) is 11.2. The molecule has 0 saturated carbocycles. The minimum atomic E-state index is -3.80. The Kier molecular flexibility index (Phi) is 10.2. The largest absolute Gasteiger partial charge is 0.490 e. The van der Waals surface area contributed by atoms with E-state index in [0.717, 1.165) is 16.1 Å². The number of benzene rings is 4. The van der Waals surface area contributed by atoms with Gasteiger partial charge < -0.3 is 14.2 Å². The summed E-state index contributed by atoms with van der Waals surface area (Å²) in [6.07, 6.45) is 2.50. The fourth-order valence-electron chi connectivity index (χ4n) is 4.09. The molecule has 0 saturated heterocycles. The summed E-state index contributed by atoms with van der Waals surface area (Å²) in [6.45, 7) is 4.20. The molecule has 0 heterocycles. The summed E-state index contributed by atoms with van der Waals surface area (Å²) in [7, 11) is -3.80. The van der Waals surface area contributed by atoms with Gasteiger partial charge in [-0.1, -0.05) is 48.5 Å². The number of para-hydroxylation sites is 1. The van der Waals surface area contributed by atoms with Crippen molar-refractivity contribution >= 4 is 27.8 Å². The van der Waals surface area contributed by atoms with Crippen molar-refractivity contribution in [1.82, 2.24) is 5.43 Å². The van der Waals surface area contributed by atoms with Crippen LogP contribution in [-0.4, -0.2) is 39.4 Å². The van der Waals surface area contributed by atoms with E-state index in [-0.39, 0.29) is 0 Å². The van der Waals surface area contributed by atoms with Crippen molar-refractivity contribution in [3.8, 4) is 23.0 Å². The first-order chi connectivity index (χ1) is 20.2. The van der Waals surface area contributed by atoms with Crippen LogP contribution in [0.1, 0.15) is 25.0 Å². The number of anilines is 1. The van der Waals surface area contributed by atoms with Crippen LogP contribution in [0.5, 0.6) is 23.0 Å². The van der Waals surface area contributed by atoms with Crippen molar-refractivity contribution in [2.45, 2.75) is 26.5 Å². The Labute approximate surface area is 246 Å². The summed E-state index contributed by atoms with van der Waals surface area (Å²) in [5.74, 6) is 1.70. The van der Waals surface area contributed by atoms with Gasteiger partial charge in [-0.15, -0.1) is 0 Å². The highest BCUT2D eigenvalue weighted by molar-refractivity contribution is 7.92. The van der Waals surface area contributed by atoms with Gasteiger partial charge in [0, 0.05) is 0 Å². The third-order valence-electron chi connectivity index (χ3n) is 6.05. The number of hydrogen-bond donors (Lipinski definition) is 1. The summed E-state index contributed by atoms with van der Waals surface area (Å²) in [4.78, 5) is 12.9. The van der Waals surface area contributed by atoms with Crippen LogP contribution in [0.25, 0.3) is 0 Å². The average molecular weight is 588 g/mol. The van der Waals surface area contributed by atoms with Gasteiger partial charge in [0.2, 0.25) is 10.0 Å². The molecule has 1 atom stereocenters. The summed E-state index contributed by atoms with van der Waals surface area (Å²) in [5.41, 5.74) is 4.44. The molecule has 1 amide bonds. The Morgan fingerprint density at radius 2 is 1.52 bits per heavy atom. The first kappa shape index (κ1) is 30.1. The molecule has 1 N–H and O–H groups in total. The normalized spacial score (nSPS) is 12.0. The zero-order valence-corrected chi connectivity index (χ0v) is 24.5. The second-order valence-electron chi connectivity index (χ2n) is 9.29. The van der Waals surface area contributed by atoms with Crippen LogP contribution in [0.4, 0.5) is 5.69 Å². The SMILES string of the molecule is CCOc1cc(/C=N\NC(=O)[C@H](C)N(c2ccc(Oc3ccccc3)cc2)S(C)(=O)=O)ccc1OCc1ccccc1. The van der Waals surface area contributed by atoms with Crippen molar-refractivity contribution < 1.29 is 27.4 Å². The van der Waals surface area contributed by atoms with Gasteiger partial charge in [0.05, 0.1) is 24.8 Å². The van der Waals surface area contributed by atoms with Gasteiger partial charge in [-0.2, -0.15) is 5.10 Å². The molecule has 0 aliphatic heterocycles. The number of ether oxygens (including phenoxy) is 3.